The summed E-state index contributed by atoms with van der Waals surface area (Å²) >= 11 is 0. The van der Waals surface area contributed by atoms with Gasteiger partial charge < -0.3 is 4.90 Å². The maximum Gasteiger partial charge on any atom is 0.325 e. The fourth-order valence-electron chi connectivity index (χ4n) is 4.02. The van der Waals surface area contributed by atoms with E-state index in [1.54, 1.807) is 4.90 Å². The maximum absolute atomic E-state index is 13.3. The quantitative estimate of drug-likeness (QED) is 0.760. The summed E-state index contributed by atoms with van der Waals surface area (Å²) < 4.78 is 37.9. The van der Waals surface area contributed by atoms with E-state index >= 15 is 0 Å². The first-order chi connectivity index (χ1) is 12.7. The molecule has 0 spiro atoms. The van der Waals surface area contributed by atoms with Gasteiger partial charge in [-0.15, -0.1) is 0 Å². The fourth-order valence-corrected chi connectivity index (χ4v) is 5.97. The molecule has 7 heteroatoms. The monoisotopic (exact) mass is 388 g/mol. The average Bonchev–Trinajstić information content (AvgIpc) is 3.03. The van der Waals surface area contributed by atoms with E-state index in [0.29, 0.717) is 12.2 Å². The second-order valence-electron chi connectivity index (χ2n) is 7.40. The third-order valence-electron chi connectivity index (χ3n) is 5.43. The van der Waals surface area contributed by atoms with Crippen LogP contribution in [0.5, 0.6) is 0 Å². The Morgan fingerprint density at radius 1 is 1.04 bits per heavy atom. The highest BCUT2D eigenvalue weighted by molar-refractivity contribution is 7.91. The van der Waals surface area contributed by atoms with Crippen LogP contribution in [0, 0.1) is 19.7 Å². The minimum absolute atomic E-state index is 0.0357. The van der Waals surface area contributed by atoms with Gasteiger partial charge in [-0.2, -0.15) is 0 Å². The lowest BCUT2D eigenvalue weighted by Gasteiger charge is -2.23. The number of carbonyl (C=O) groups is 1. The highest BCUT2D eigenvalue weighted by atomic mass is 32.2. The Bertz CT molecular complexity index is 1000. The van der Waals surface area contributed by atoms with Crippen molar-refractivity contribution < 1.29 is 17.6 Å². The molecule has 2 fully saturated rings. The summed E-state index contributed by atoms with van der Waals surface area (Å²) in [6, 6.07) is 10.6. The minimum Gasteiger partial charge on any atom is -0.314 e. The first kappa shape index (κ1) is 18.0. The number of anilines is 1. The van der Waals surface area contributed by atoms with Crippen LogP contribution < -0.4 is 4.90 Å². The van der Waals surface area contributed by atoms with Gasteiger partial charge in [0.25, 0.3) is 0 Å². The van der Waals surface area contributed by atoms with Crippen molar-refractivity contribution in [3.05, 3.63) is 65.0 Å². The minimum atomic E-state index is -3.23. The van der Waals surface area contributed by atoms with Gasteiger partial charge in [-0.05, 0) is 49.2 Å². The Balaban J connectivity index is 1.72. The van der Waals surface area contributed by atoms with Crippen molar-refractivity contribution >= 4 is 21.6 Å². The van der Waals surface area contributed by atoms with Crippen LogP contribution >= 0.6 is 0 Å². The molecular weight excluding hydrogens is 367 g/mol. The molecule has 2 aliphatic rings. The number of amides is 2. The SMILES string of the molecule is Cc1ccc(C)c(CN2C(=O)N(c3ccc(F)cc3)[C@H]3CS(=O)(=O)C[C@@H]32)c1. The molecule has 142 valence electrons. The molecule has 2 aromatic carbocycles. The lowest BCUT2D eigenvalue weighted by atomic mass is 10.0. The van der Waals surface area contributed by atoms with Gasteiger partial charge in [0.2, 0.25) is 0 Å². The lowest BCUT2D eigenvalue weighted by molar-refractivity contribution is 0.205. The normalized spacial score (nSPS) is 23.7. The van der Waals surface area contributed by atoms with Crippen LogP contribution in [-0.4, -0.2) is 42.9 Å². The van der Waals surface area contributed by atoms with Crippen LogP contribution in [0.1, 0.15) is 16.7 Å². The summed E-state index contributed by atoms with van der Waals surface area (Å²) in [5.74, 6) is -0.496. The molecule has 2 aromatic rings. The molecule has 2 amide bonds. The Morgan fingerprint density at radius 2 is 1.70 bits per heavy atom. The van der Waals surface area contributed by atoms with E-state index in [9.17, 15) is 17.6 Å². The number of aryl methyl sites for hydroxylation is 2. The van der Waals surface area contributed by atoms with Gasteiger partial charge in [0.05, 0.1) is 23.6 Å². The standard InChI is InChI=1S/C20H21FN2O3S/c1-13-3-4-14(2)15(9-13)10-22-18-11-27(25,26)12-19(18)23(20(22)24)17-7-5-16(21)6-8-17/h3-9,18-19H,10-12H2,1-2H3/t18-,19-/m0/s1. The number of benzene rings is 2. The van der Waals surface area contributed by atoms with Crippen molar-refractivity contribution in [1.82, 2.24) is 4.90 Å². The number of fused-ring (bicyclic) bond motifs is 1. The number of hydrogen-bond donors (Lipinski definition) is 0. The fraction of sp³-hybridized carbons (Fsp3) is 0.350. The van der Waals surface area contributed by atoms with Gasteiger partial charge in [-0.1, -0.05) is 23.8 Å². The predicted molar refractivity (Wildman–Crippen MR) is 102 cm³/mol. The Kier molecular flexibility index (Phi) is 4.22. The Morgan fingerprint density at radius 3 is 2.41 bits per heavy atom. The highest BCUT2D eigenvalue weighted by Crippen LogP contribution is 2.36. The van der Waals surface area contributed by atoms with Gasteiger partial charge in [0.15, 0.2) is 9.84 Å². The molecule has 0 aliphatic carbocycles. The van der Waals surface area contributed by atoms with E-state index in [2.05, 4.69) is 0 Å². The average molecular weight is 388 g/mol. The van der Waals surface area contributed by atoms with Crippen molar-refractivity contribution in [2.75, 3.05) is 16.4 Å². The number of urea groups is 1. The van der Waals surface area contributed by atoms with Crippen LogP contribution in [0.2, 0.25) is 0 Å². The predicted octanol–water partition coefficient (Wildman–Crippen LogP) is 3.05. The molecule has 0 N–H and O–H groups in total. The Hall–Kier alpha value is -2.41. The number of sulfone groups is 1. The maximum atomic E-state index is 13.3. The van der Waals surface area contributed by atoms with Crippen molar-refractivity contribution in [1.29, 1.82) is 0 Å². The van der Waals surface area contributed by atoms with Gasteiger partial charge in [0, 0.05) is 12.2 Å². The lowest BCUT2D eigenvalue weighted by Crippen LogP contribution is -2.37. The molecule has 27 heavy (non-hydrogen) atoms. The molecule has 2 heterocycles. The van der Waals surface area contributed by atoms with Gasteiger partial charge >= 0.3 is 6.03 Å². The van der Waals surface area contributed by atoms with Crippen molar-refractivity contribution in [3.63, 3.8) is 0 Å². The third kappa shape index (κ3) is 3.20. The number of nitrogens with zero attached hydrogens (tertiary/aromatic N) is 2. The molecule has 0 unspecified atom stereocenters. The van der Waals surface area contributed by atoms with Crippen LogP contribution in [-0.2, 0) is 16.4 Å². The first-order valence-corrected chi connectivity index (χ1v) is 10.7. The van der Waals surface area contributed by atoms with Crippen LogP contribution in [0.15, 0.2) is 42.5 Å². The molecule has 0 bridgehead atoms. The Labute approximate surface area is 158 Å². The van der Waals surface area contributed by atoms with Crippen LogP contribution in [0.4, 0.5) is 14.9 Å². The molecule has 2 atom stereocenters. The summed E-state index contributed by atoms with van der Waals surface area (Å²) in [7, 11) is -3.23. The smallest absolute Gasteiger partial charge is 0.314 e. The summed E-state index contributed by atoms with van der Waals surface area (Å²) in [6.45, 7) is 4.33. The topological polar surface area (TPSA) is 57.7 Å². The molecular formula is C20H21FN2O3S. The molecule has 0 radical (unpaired) electrons. The summed E-state index contributed by atoms with van der Waals surface area (Å²) in [5, 5.41) is 0. The van der Waals surface area contributed by atoms with Crippen LogP contribution in [0.3, 0.4) is 0 Å². The zero-order chi connectivity index (χ0) is 19.3. The number of rotatable bonds is 3. The van der Waals surface area contributed by atoms with Gasteiger partial charge in [-0.3, -0.25) is 4.90 Å². The molecule has 2 aliphatic heterocycles. The summed E-state index contributed by atoms with van der Waals surface area (Å²) in [5.41, 5.74) is 3.68. The van der Waals surface area contributed by atoms with Gasteiger partial charge in [0.1, 0.15) is 5.82 Å². The van der Waals surface area contributed by atoms with Crippen LogP contribution in [0.25, 0.3) is 0 Å². The van der Waals surface area contributed by atoms with Crippen molar-refractivity contribution in [3.8, 4) is 0 Å². The zero-order valence-corrected chi connectivity index (χ0v) is 16.0. The summed E-state index contributed by atoms with van der Waals surface area (Å²) in [6.07, 6.45) is 0. The number of carbonyl (C=O) groups excluding carboxylic acids is 1. The molecule has 0 aromatic heterocycles. The van der Waals surface area contributed by atoms with E-state index in [4.69, 9.17) is 0 Å². The zero-order valence-electron chi connectivity index (χ0n) is 15.2. The van der Waals surface area contributed by atoms with Crippen molar-refractivity contribution in [2.24, 2.45) is 0 Å². The second kappa shape index (κ2) is 6.34. The van der Waals surface area contributed by atoms with Crippen molar-refractivity contribution in [2.45, 2.75) is 32.5 Å². The number of halogens is 1. The van der Waals surface area contributed by atoms with E-state index in [0.717, 1.165) is 16.7 Å². The molecule has 5 nitrogen and oxygen atoms in total. The second-order valence-corrected chi connectivity index (χ2v) is 9.55. The third-order valence-corrected chi connectivity index (χ3v) is 7.13. The van der Waals surface area contributed by atoms with E-state index in [1.807, 2.05) is 32.0 Å². The van der Waals surface area contributed by atoms with Gasteiger partial charge in [-0.25, -0.2) is 17.6 Å². The van der Waals surface area contributed by atoms with E-state index in [1.165, 1.54) is 29.2 Å². The first-order valence-electron chi connectivity index (χ1n) is 8.87. The highest BCUT2D eigenvalue weighted by Gasteiger charge is 2.53. The molecule has 2 saturated heterocycles. The molecule has 4 rings (SSSR count). The largest absolute Gasteiger partial charge is 0.325 e. The van der Waals surface area contributed by atoms with E-state index < -0.39 is 27.7 Å². The number of hydrogen-bond acceptors (Lipinski definition) is 3. The molecule has 0 saturated carbocycles. The summed E-state index contributed by atoms with van der Waals surface area (Å²) in [4.78, 5) is 16.3. The van der Waals surface area contributed by atoms with E-state index in [-0.39, 0.29) is 17.5 Å².